The topological polar surface area (TPSA) is 18.5 Å². The first-order chi connectivity index (χ1) is 8.16. The van der Waals surface area contributed by atoms with E-state index in [0.29, 0.717) is 0 Å². The molecule has 0 bridgehead atoms. The lowest BCUT2D eigenvalue weighted by Crippen LogP contribution is -2.44. The number of aryl methyl sites for hydroxylation is 1. The molecule has 1 aliphatic heterocycles. The second kappa shape index (κ2) is 5.52. The fourth-order valence-corrected chi connectivity index (χ4v) is 2.35. The van der Waals surface area contributed by atoms with Crippen molar-refractivity contribution in [3.8, 4) is 0 Å². The summed E-state index contributed by atoms with van der Waals surface area (Å²) in [5, 5.41) is 3.41. The minimum Gasteiger partial charge on any atom is -0.369 e. The fourth-order valence-electron chi connectivity index (χ4n) is 2.35. The summed E-state index contributed by atoms with van der Waals surface area (Å²) >= 11 is 0. The van der Waals surface area contributed by atoms with Gasteiger partial charge in [0.05, 0.1) is 0 Å². The smallest absolute Gasteiger partial charge is 0.0415 e. The Bertz CT molecular complexity index is 368. The van der Waals surface area contributed by atoms with Crippen LogP contribution in [0.1, 0.15) is 11.1 Å². The van der Waals surface area contributed by atoms with Crippen LogP contribution >= 0.6 is 0 Å². The first-order valence-corrected chi connectivity index (χ1v) is 6.37. The average Bonchev–Trinajstić information content (AvgIpc) is 2.32. The predicted octanol–water partition coefficient (Wildman–Crippen LogP) is 1.47. The Labute approximate surface area is 104 Å². The Kier molecular flexibility index (Phi) is 4.02. The van der Waals surface area contributed by atoms with Crippen LogP contribution in [0, 0.1) is 6.92 Å². The second-order valence-corrected chi connectivity index (χ2v) is 5.11. The predicted molar refractivity (Wildman–Crippen MR) is 73.7 cm³/mol. The van der Waals surface area contributed by atoms with Gasteiger partial charge in [-0.05, 0) is 38.2 Å². The minimum atomic E-state index is 1.01. The molecular weight excluding hydrogens is 210 g/mol. The number of anilines is 1. The zero-order valence-electron chi connectivity index (χ0n) is 11.2. The summed E-state index contributed by atoms with van der Waals surface area (Å²) in [7, 11) is 4.25. The molecule has 2 rings (SSSR count). The number of nitrogens with zero attached hydrogens (tertiary/aromatic N) is 2. The van der Waals surface area contributed by atoms with Crippen molar-refractivity contribution in [2.45, 2.75) is 13.5 Å². The Morgan fingerprint density at radius 2 is 1.94 bits per heavy atom. The van der Waals surface area contributed by atoms with E-state index in [-0.39, 0.29) is 0 Å². The highest BCUT2D eigenvalue weighted by atomic mass is 15.2. The van der Waals surface area contributed by atoms with Crippen LogP contribution in [0.4, 0.5) is 5.69 Å². The molecule has 3 nitrogen and oxygen atoms in total. The van der Waals surface area contributed by atoms with Crippen LogP contribution in [0.15, 0.2) is 18.2 Å². The van der Waals surface area contributed by atoms with Gasteiger partial charge in [-0.2, -0.15) is 0 Å². The molecule has 94 valence electrons. The molecule has 0 atom stereocenters. The molecule has 1 aliphatic rings. The lowest BCUT2D eigenvalue weighted by Gasteiger charge is -2.32. The Balaban J connectivity index is 2.25. The zero-order valence-corrected chi connectivity index (χ0v) is 11.2. The van der Waals surface area contributed by atoms with Crippen molar-refractivity contribution in [2.75, 3.05) is 45.2 Å². The quantitative estimate of drug-likeness (QED) is 0.853. The van der Waals surface area contributed by atoms with Gasteiger partial charge in [0.2, 0.25) is 0 Å². The molecule has 3 heteroatoms. The number of nitrogens with one attached hydrogen (secondary N) is 1. The minimum absolute atomic E-state index is 1.01. The number of rotatable bonds is 3. The SMILES string of the molecule is Cc1ccc(CN(C)C)c(N2CCNCC2)c1. The van der Waals surface area contributed by atoms with Crippen molar-refractivity contribution < 1.29 is 0 Å². The third-order valence-electron chi connectivity index (χ3n) is 3.19. The van der Waals surface area contributed by atoms with E-state index in [9.17, 15) is 0 Å². The zero-order chi connectivity index (χ0) is 12.3. The molecule has 0 radical (unpaired) electrons. The highest BCUT2D eigenvalue weighted by molar-refractivity contribution is 5.56. The summed E-state index contributed by atoms with van der Waals surface area (Å²) in [6.45, 7) is 7.60. The molecular formula is C14H23N3. The molecule has 1 fully saturated rings. The lowest BCUT2D eigenvalue weighted by atomic mass is 10.1. The third kappa shape index (κ3) is 3.20. The van der Waals surface area contributed by atoms with Crippen molar-refractivity contribution in [3.05, 3.63) is 29.3 Å². The highest BCUT2D eigenvalue weighted by Gasteiger charge is 2.14. The number of benzene rings is 1. The van der Waals surface area contributed by atoms with Gasteiger partial charge in [0.1, 0.15) is 0 Å². The Hall–Kier alpha value is -1.06. The molecule has 17 heavy (non-hydrogen) atoms. The van der Waals surface area contributed by atoms with E-state index in [1.54, 1.807) is 0 Å². The fraction of sp³-hybridized carbons (Fsp3) is 0.571. The van der Waals surface area contributed by atoms with Gasteiger partial charge in [0.25, 0.3) is 0 Å². The van der Waals surface area contributed by atoms with E-state index >= 15 is 0 Å². The molecule has 1 aromatic rings. The summed E-state index contributed by atoms with van der Waals surface area (Å²) in [6, 6.07) is 6.81. The number of piperazine rings is 1. The summed E-state index contributed by atoms with van der Waals surface area (Å²) in [4.78, 5) is 4.73. The number of hydrogen-bond acceptors (Lipinski definition) is 3. The van der Waals surface area contributed by atoms with E-state index in [1.165, 1.54) is 16.8 Å². The van der Waals surface area contributed by atoms with Gasteiger partial charge >= 0.3 is 0 Å². The monoisotopic (exact) mass is 233 g/mol. The molecule has 1 aromatic carbocycles. The van der Waals surface area contributed by atoms with Crippen LogP contribution in [-0.4, -0.2) is 45.2 Å². The highest BCUT2D eigenvalue weighted by Crippen LogP contribution is 2.23. The molecule has 0 saturated carbocycles. The maximum Gasteiger partial charge on any atom is 0.0415 e. The van der Waals surface area contributed by atoms with Gasteiger partial charge in [-0.3, -0.25) is 0 Å². The van der Waals surface area contributed by atoms with Gasteiger partial charge in [0.15, 0.2) is 0 Å². The lowest BCUT2D eigenvalue weighted by molar-refractivity contribution is 0.402. The Morgan fingerprint density at radius 3 is 2.59 bits per heavy atom. The Morgan fingerprint density at radius 1 is 1.24 bits per heavy atom. The normalized spacial score (nSPS) is 16.6. The average molecular weight is 233 g/mol. The summed E-state index contributed by atoms with van der Waals surface area (Å²) in [5.74, 6) is 0. The van der Waals surface area contributed by atoms with Crippen LogP contribution in [0.3, 0.4) is 0 Å². The third-order valence-corrected chi connectivity index (χ3v) is 3.19. The van der Waals surface area contributed by atoms with Gasteiger partial charge in [-0.25, -0.2) is 0 Å². The van der Waals surface area contributed by atoms with E-state index in [0.717, 1.165) is 32.7 Å². The van der Waals surface area contributed by atoms with Crippen molar-refractivity contribution in [3.63, 3.8) is 0 Å². The van der Waals surface area contributed by atoms with Crippen LogP contribution in [0.5, 0.6) is 0 Å². The molecule has 1 heterocycles. The van der Waals surface area contributed by atoms with Gasteiger partial charge in [-0.15, -0.1) is 0 Å². The largest absolute Gasteiger partial charge is 0.369 e. The van der Waals surface area contributed by atoms with Gasteiger partial charge < -0.3 is 15.1 Å². The van der Waals surface area contributed by atoms with Crippen LogP contribution in [0.2, 0.25) is 0 Å². The maximum absolute atomic E-state index is 3.41. The van der Waals surface area contributed by atoms with Crippen LogP contribution < -0.4 is 10.2 Å². The summed E-state index contributed by atoms with van der Waals surface area (Å²) in [5.41, 5.74) is 4.20. The van der Waals surface area contributed by atoms with Gasteiger partial charge in [-0.1, -0.05) is 12.1 Å². The standard InChI is InChI=1S/C14H23N3/c1-12-4-5-13(11-16(2)3)14(10-12)17-8-6-15-7-9-17/h4-5,10,15H,6-9,11H2,1-3H3. The molecule has 0 amide bonds. The van der Waals surface area contributed by atoms with Crippen molar-refractivity contribution >= 4 is 5.69 Å². The van der Waals surface area contributed by atoms with Crippen LogP contribution in [-0.2, 0) is 6.54 Å². The van der Waals surface area contributed by atoms with Crippen molar-refractivity contribution in [2.24, 2.45) is 0 Å². The van der Waals surface area contributed by atoms with Crippen molar-refractivity contribution in [1.82, 2.24) is 10.2 Å². The molecule has 1 saturated heterocycles. The summed E-state index contributed by atoms with van der Waals surface area (Å²) < 4.78 is 0. The van der Waals surface area contributed by atoms with E-state index in [4.69, 9.17) is 0 Å². The second-order valence-electron chi connectivity index (χ2n) is 5.11. The summed E-state index contributed by atoms with van der Waals surface area (Å²) in [6.07, 6.45) is 0. The van der Waals surface area contributed by atoms with Crippen molar-refractivity contribution in [1.29, 1.82) is 0 Å². The van der Waals surface area contributed by atoms with Gasteiger partial charge in [0, 0.05) is 38.4 Å². The molecule has 0 aliphatic carbocycles. The first-order valence-electron chi connectivity index (χ1n) is 6.37. The van der Waals surface area contributed by atoms with Crippen LogP contribution in [0.25, 0.3) is 0 Å². The maximum atomic E-state index is 3.41. The van der Waals surface area contributed by atoms with E-state index in [1.807, 2.05) is 0 Å². The van der Waals surface area contributed by atoms with E-state index in [2.05, 4.69) is 54.3 Å². The molecule has 1 N–H and O–H groups in total. The first kappa shape index (κ1) is 12.4. The molecule has 0 spiro atoms. The molecule has 0 unspecified atom stereocenters. The molecule has 0 aromatic heterocycles. The number of hydrogen-bond donors (Lipinski definition) is 1. The van der Waals surface area contributed by atoms with E-state index < -0.39 is 0 Å².